The van der Waals surface area contributed by atoms with Crippen LogP contribution in [0.15, 0.2) is 24.3 Å². The van der Waals surface area contributed by atoms with Gasteiger partial charge in [-0.05, 0) is 37.8 Å². The summed E-state index contributed by atoms with van der Waals surface area (Å²) in [5, 5.41) is 6.40. The van der Waals surface area contributed by atoms with E-state index < -0.39 is 0 Å². The minimum atomic E-state index is 0.0686. The molecule has 0 aliphatic heterocycles. The topological polar surface area (TPSA) is 41.1 Å². The van der Waals surface area contributed by atoms with Gasteiger partial charge in [0.1, 0.15) is 0 Å². The smallest absolute Gasteiger partial charge is 0.234 e. The molecule has 1 fully saturated rings. The third-order valence-corrected chi connectivity index (χ3v) is 3.94. The Bertz CT molecular complexity index is 425. The molecule has 1 amide bonds. The van der Waals surface area contributed by atoms with Crippen molar-refractivity contribution in [2.75, 3.05) is 6.54 Å². The Labute approximate surface area is 115 Å². The molecule has 104 valence electrons. The van der Waals surface area contributed by atoms with Gasteiger partial charge in [0.05, 0.1) is 12.6 Å². The molecule has 1 aliphatic rings. The van der Waals surface area contributed by atoms with E-state index in [4.69, 9.17) is 0 Å². The van der Waals surface area contributed by atoms with Gasteiger partial charge in [0.15, 0.2) is 0 Å². The van der Waals surface area contributed by atoms with Crippen molar-refractivity contribution in [1.82, 2.24) is 10.6 Å². The second-order valence-corrected chi connectivity index (χ2v) is 5.51. The van der Waals surface area contributed by atoms with Crippen molar-refractivity contribution < 1.29 is 4.79 Å². The quantitative estimate of drug-likeness (QED) is 0.854. The summed E-state index contributed by atoms with van der Waals surface area (Å²) in [7, 11) is 0. The Balaban J connectivity index is 1.79. The lowest BCUT2D eigenvalue weighted by Gasteiger charge is -2.18. The molecule has 0 radical (unpaired) electrons. The van der Waals surface area contributed by atoms with Crippen LogP contribution in [0.1, 0.15) is 49.8 Å². The number of benzene rings is 1. The highest BCUT2D eigenvalue weighted by Gasteiger charge is 2.16. The average Bonchev–Trinajstić information content (AvgIpc) is 2.90. The molecule has 0 heterocycles. The summed E-state index contributed by atoms with van der Waals surface area (Å²) in [5.41, 5.74) is 2.41. The Morgan fingerprint density at radius 2 is 2.00 bits per heavy atom. The second kappa shape index (κ2) is 6.71. The molecule has 3 heteroatoms. The molecule has 1 saturated carbocycles. The molecule has 1 atom stereocenters. The van der Waals surface area contributed by atoms with E-state index in [-0.39, 0.29) is 11.9 Å². The van der Waals surface area contributed by atoms with Crippen molar-refractivity contribution in [3.63, 3.8) is 0 Å². The maximum absolute atomic E-state index is 11.9. The normalized spacial score (nSPS) is 17.4. The summed E-state index contributed by atoms with van der Waals surface area (Å²) in [4.78, 5) is 11.9. The molecule has 0 saturated heterocycles. The van der Waals surface area contributed by atoms with Gasteiger partial charge in [-0.15, -0.1) is 0 Å². The third-order valence-electron chi connectivity index (χ3n) is 3.94. The number of hydrogen-bond donors (Lipinski definition) is 2. The molecule has 2 N–H and O–H groups in total. The van der Waals surface area contributed by atoms with Crippen molar-refractivity contribution in [1.29, 1.82) is 0 Å². The summed E-state index contributed by atoms with van der Waals surface area (Å²) in [6, 6.07) is 8.80. The lowest BCUT2D eigenvalue weighted by atomic mass is 10.0. The monoisotopic (exact) mass is 260 g/mol. The minimum absolute atomic E-state index is 0.0686. The van der Waals surface area contributed by atoms with Crippen molar-refractivity contribution >= 4 is 5.91 Å². The number of hydrogen-bond acceptors (Lipinski definition) is 2. The molecule has 3 nitrogen and oxygen atoms in total. The van der Waals surface area contributed by atoms with Gasteiger partial charge in [-0.1, -0.05) is 37.1 Å². The Morgan fingerprint density at radius 1 is 1.32 bits per heavy atom. The van der Waals surface area contributed by atoms with Crippen molar-refractivity contribution in [2.24, 2.45) is 0 Å². The number of rotatable bonds is 5. The van der Waals surface area contributed by atoms with Crippen LogP contribution in [0.4, 0.5) is 0 Å². The van der Waals surface area contributed by atoms with E-state index in [0.29, 0.717) is 12.6 Å². The van der Waals surface area contributed by atoms with E-state index in [1.165, 1.54) is 36.8 Å². The minimum Gasteiger partial charge on any atom is -0.348 e. The average molecular weight is 260 g/mol. The zero-order valence-electron chi connectivity index (χ0n) is 11.9. The van der Waals surface area contributed by atoms with Crippen LogP contribution >= 0.6 is 0 Å². The first kappa shape index (κ1) is 14.1. The lowest BCUT2D eigenvalue weighted by Crippen LogP contribution is -2.39. The van der Waals surface area contributed by atoms with Crippen LogP contribution in [-0.2, 0) is 4.79 Å². The molecule has 0 bridgehead atoms. The van der Waals surface area contributed by atoms with Crippen LogP contribution in [0.3, 0.4) is 0 Å². The Hall–Kier alpha value is -1.35. The van der Waals surface area contributed by atoms with E-state index >= 15 is 0 Å². The fourth-order valence-electron chi connectivity index (χ4n) is 2.81. The summed E-state index contributed by atoms with van der Waals surface area (Å²) < 4.78 is 0. The first-order chi connectivity index (χ1) is 9.16. The first-order valence-corrected chi connectivity index (χ1v) is 7.25. The standard InChI is InChI=1S/C16H24N2O/c1-12-7-3-6-10-15(12)13(2)18-16(19)11-17-14-8-4-5-9-14/h3,6-7,10,13-14,17H,4-5,8-9,11H2,1-2H3,(H,18,19)/t13-/m0/s1. The van der Waals surface area contributed by atoms with Crippen LogP contribution in [0.5, 0.6) is 0 Å². The van der Waals surface area contributed by atoms with Crippen molar-refractivity contribution in [3.8, 4) is 0 Å². The maximum atomic E-state index is 11.9. The molecule has 1 aromatic rings. The van der Waals surface area contributed by atoms with E-state index in [9.17, 15) is 4.79 Å². The van der Waals surface area contributed by atoms with Crippen molar-refractivity contribution in [2.45, 2.75) is 51.6 Å². The van der Waals surface area contributed by atoms with Gasteiger partial charge in [0.2, 0.25) is 5.91 Å². The molecule has 0 unspecified atom stereocenters. The van der Waals surface area contributed by atoms with E-state index in [1.807, 2.05) is 19.1 Å². The maximum Gasteiger partial charge on any atom is 0.234 e. The third kappa shape index (κ3) is 4.06. The summed E-state index contributed by atoms with van der Waals surface area (Å²) >= 11 is 0. The molecule has 1 aliphatic carbocycles. The first-order valence-electron chi connectivity index (χ1n) is 7.25. The molecule has 2 rings (SSSR count). The highest BCUT2D eigenvalue weighted by atomic mass is 16.1. The summed E-state index contributed by atoms with van der Waals surface area (Å²) in [6.45, 7) is 4.55. The number of amides is 1. The zero-order valence-corrected chi connectivity index (χ0v) is 11.9. The fourth-order valence-corrected chi connectivity index (χ4v) is 2.81. The molecule has 19 heavy (non-hydrogen) atoms. The number of carbonyl (C=O) groups is 1. The summed E-state index contributed by atoms with van der Waals surface area (Å²) in [6.07, 6.45) is 5.00. The van der Waals surface area contributed by atoms with E-state index in [1.54, 1.807) is 0 Å². The van der Waals surface area contributed by atoms with Crippen LogP contribution in [0, 0.1) is 6.92 Å². The SMILES string of the molecule is Cc1ccccc1[C@H](C)NC(=O)CNC1CCCC1. The van der Waals surface area contributed by atoms with Gasteiger partial charge in [0, 0.05) is 6.04 Å². The van der Waals surface area contributed by atoms with Crippen LogP contribution in [-0.4, -0.2) is 18.5 Å². The predicted octanol–water partition coefficient (Wildman–Crippen LogP) is 2.70. The Kier molecular flexibility index (Phi) is 4.97. The molecular formula is C16H24N2O. The van der Waals surface area contributed by atoms with Gasteiger partial charge >= 0.3 is 0 Å². The van der Waals surface area contributed by atoms with Gasteiger partial charge in [0.25, 0.3) is 0 Å². The molecule has 0 spiro atoms. The van der Waals surface area contributed by atoms with Gasteiger partial charge in [-0.3, -0.25) is 4.79 Å². The predicted molar refractivity (Wildman–Crippen MR) is 78.0 cm³/mol. The van der Waals surface area contributed by atoms with E-state index in [2.05, 4.69) is 29.7 Å². The van der Waals surface area contributed by atoms with Crippen LogP contribution in [0.2, 0.25) is 0 Å². The Morgan fingerprint density at radius 3 is 2.68 bits per heavy atom. The molecule has 1 aromatic carbocycles. The van der Waals surface area contributed by atoms with Crippen molar-refractivity contribution in [3.05, 3.63) is 35.4 Å². The van der Waals surface area contributed by atoms with E-state index in [0.717, 1.165) is 0 Å². The highest BCUT2D eigenvalue weighted by Crippen LogP contribution is 2.18. The van der Waals surface area contributed by atoms with Gasteiger partial charge in [-0.25, -0.2) is 0 Å². The molecule has 0 aromatic heterocycles. The van der Waals surface area contributed by atoms with Gasteiger partial charge in [-0.2, -0.15) is 0 Å². The van der Waals surface area contributed by atoms with Gasteiger partial charge < -0.3 is 10.6 Å². The lowest BCUT2D eigenvalue weighted by molar-refractivity contribution is -0.121. The zero-order chi connectivity index (χ0) is 13.7. The fraction of sp³-hybridized carbons (Fsp3) is 0.562. The molecular weight excluding hydrogens is 236 g/mol. The number of aryl methyl sites for hydroxylation is 1. The number of carbonyl (C=O) groups excluding carboxylic acids is 1. The highest BCUT2D eigenvalue weighted by molar-refractivity contribution is 5.78. The largest absolute Gasteiger partial charge is 0.348 e. The van der Waals surface area contributed by atoms with Crippen LogP contribution < -0.4 is 10.6 Å². The summed E-state index contributed by atoms with van der Waals surface area (Å²) in [5.74, 6) is 0.0858. The number of nitrogens with one attached hydrogen (secondary N) is 2. The second-order valence-electron chi connectivity index (χ2n) is 5.51. The van der Waals surface area contributed by atoms with Crippen LogP contribution in [0.25, 0.3) is 0 Å².